The van der Waals surface area contributed by atoms with Gasteiger partial charge < -0.3 is 4.74 Å². The molecule has 0 aliphatic carbocycles. The van der Waals surface area contributed by atoms with Crippen molar-refractivity contribution in [2.24, 2.45) is 0 Å². The summed E-state index contributed by atoms with van der Waals surface area (Å²) >= 11 is 5.85. The van der Waals surface area contributed by atoms with Crippen LogP contribution in [0, 0.1) is 6.92 Å². The maximum Gasteiger partial charge on any atom is 0.120 e. The van der Waals surface area contributed by atoms with Crippen LogP contribution in [-0.4, -0.2) is 16.4 Å². The maximum absolute atomic E-state index is 5.85. The molecule has 3 nitrogen and oxygen atoms in total. The summed E-state index contributed by atoms with van der Waals surface area (Å²) in [6, 6.07) is 7.39. The molecule has 0 saturated carbocycles. The summed E-state index contributed by atoms with van der Waals surface area (Å²) in [4.78, 5) is 0. The van der Waals surface area contributed by atoms with E-state index in [2.05, 4.69) is 5.10 Å². The molecule has 16 heavy (non-hydrogen) atoms. The van der Waals surface area contributed by atoms with Crippen molar-refractivity contribution in [2.75, 3.05) is 6.61 Å². The van der Waals surface area contributed by atoms with Crippen molar-refractivity contribution in [2.45, 2.75) is 13.5 Å². The molecule has 1 aromatic carbocycles. The molecule has 0 atom stereocenters. The Balaban J connectivity index is 1.84. The second-order valence-electron chi connectivity index (χ2n) is 3.59. The number of hydrogen-bond acceptors (Lipinski definition) is 2. The Bertz CT molecular complexity index is 468. The molecule has 0 fully saturated rings. The molecule has 0 aliphatic heterocycles. The van der Waals surface area contributed by atoms with E-state index in [0.29, 0.717) is 11.6 Å². The van der Waals surface area contributed by atoms with Gasteiger partial charge >= 0.3 is 0 Å². The number of nitrogens with zero attached hydrogens (tertiary/aromatic N) is 2. The lowest BCUT2D eigenvalue weighted by Crippen LogP contribution is -2.08. The molecule has 0 bridgehead atoms. The highest BCUT2D eigenvalue weighted by Crippen LogP contribution is 2.16. The summed E-state index contributed by atoms with van der Waals surface area (Å²) in [7, 11) is 0. The highest BCUT2D eigenvalue weighted by atomic mass is 35.5. The highest BCUT2D eigenvalue weighted by Gasteiger charge is 1.96. The third-order valence-electron chi connectivity index (χ3n) is 2.15. The van der Waals surface area contributed by atoms with Crippen LogP contribution in [0.4, 0.5) is 0 Å². The maximum atomic E-state index is 5.85. The standard InChI is InChI=1S/C12H13ClN2O/c1-10-8-14-15(9-10)5-6-16-12-4-2-3-11(13)7-12/h2-4,7-9H,5-6H2,1H3. The Morgan fingerprint density at radius 3 is 3.00 bits per heavy atom. The molecule has 0 saturated heterocycles. The van der Waals surface area contributed by atoms with Crippen LogP contribution in [0.2, 0.25) is 5.02 Å². The van der Waals surface area contributed by atoms with Crippen LogP contribution in [0.5, 0.6) is 5.75 Å². The van der Waals surface area contributed by atoms with Gasteiger partial charge in [0.05, 0.1) is 12.7 Å². The molecular formula is C12H13ClN2O. The normalized spacial score (nSPS) is 10.4. The molecule has 2 rings (SSSR count). The first kappa shape index (κ1) is 11.0. The monoisotopic (exact) mass is 236 g/mol. The average molecular weight is 237 g/mol. The van der Waals surface area contributed by atoms with Crippen LogP contribution in [-0.2, 0) is 6.54 Å². The van der Waals surface area contributed by atoms with E-state index in [9.17, 15) is 0 Å². The lowest BCUT2D eigenvalue weighted by atomic mass is 10.3. The molecular weight excluding hydrogens is 224 g/mol. The molecule has 0 unspecified atom stereocenters. The molecule has 0 amide bonds. The molecule has 0 aliphatic rings. The highest BCUT2D eigenvalue weighted by molar-refractivity contribution is 6.30. The summed E-state index contributed by atoms with van der Waals surface area (Å²) in [5.74, 6) is 0.788. The van der Waals surface area contributed by atoms with Crippen LogP contribution in [0.1, 0.15) is 5.56 Å². The minimum Gasteiger partial charge on any atom is -0.492 e. The molecule has 4 heteroatoms. The van der Waals surface area contributed by atoms with Crippen molar-refractivity contribution < 1.29 is 4.74 Å². The van der Waals surface area contributed by atoms with E-state index in [0.717, 1.165) is 17.9 Å². The Hall–Kier alpha value is -1.48. The van der Waals surface area contributed by atoms with E-state index in [4.69, 9.17) is 16.3 Å². The molecule has 0 spiro atoms. The summed E-state index contributed by atoms with van der Waals surface area (Å²) < 4.78 is 7.42. The van der Waals surface area contributed by atoms with Crippen molar-refractivity contribution >= 4 is 11.6 Å². The van der Waals surface area contributed by atoms with Gasteiger partial charge in [-0.05, 0) is 30.7 Å². The van der Waals surface area contributed by atoms with E-state index < -0.39 is 0 Å². The number of rotatable bonds is 4. The van der Waals surface area contributed by atoms with Gasteiger partial charge in [-0.3, -0.25) is 4.68 Å². The summed E-state index contributed by atoms with van der Waals surface area (Å²) in [6.45, 7) is 3.34. The number of hydrogen-bond donors (Lipinski definition) is 0. The number of ether oxygens (including phenoxy) is 1. The van der Waals surface area contributed by atoms with Gasteiger partial charge in [0, 0.05) is 11.2 Å². The van der Waals surface area contributed by atoms with E-state index >= 15 is 0 Å². The van der Waals surface area contributed by atoms with Gasteiger partial charge in [0.1, 0.15) is 12.4 Å². The zero-order valence-corrected chi connectivity index (χ0v) is 9.81. The van der Waals surface area contributed by atoms with Crippen LogP contribution in [0.15, 0.2) is 36.7 Å². The zero-order chi connectivity index (χ0) is 11.4. The van der Waals surface area contributed by atoms with Gasteiger partial charge in [-0.25, -0.2) is 0 Å². The number of aromatic nitrogens is 2. The smallest absolute Gasteiger partial charge is 0.120 e. The minimum atomic E-state index is 0.585. The Kier molecular flexibility index (Phi) is 3.47. The zero-order valence-electron chi connectivity index (χ0n) is 9.06. The van der Waals surface area contributed by atoms with Crippen molar-refractivity contribution in [3.05, 3.63) is 47.2 Å². The molecule has 0 N–H and O–H groups in total. The van der Waals surface area contributed by atoms with Gasteiger partial charge in [-0.1, -0.05) is 17.7 Å². The Morgan fingerprint density at radius 2 is 2.31 bits per heavy atom. The van der Waals surface area contributed by atoms with Gasteiger partial charge in [-0.2, -0.15) is 5.10 Å². The van der Waals surface area contributed by atoms with Gasteiger partial charge in [0.2, 0.25) is 0 Å². The second kappa shape index (κ2) is 5.03. The lowest BCUT2D eigenvalue weighted by Gasteiger charge is -2.06. The predicted octanol–water partition coefficient (Wildman–Crippen LogP) is 2.92. The number of benzene rings is 1. The van der Waals surface area contributed by atoms with Crippen LogP contribution >= 0.6 is 11.6 Å². The van der Waals surface area contributed by atoms with Crippen LogP contribution in [0.25, 0.3) is 0 Å². The Morgan fingerprint density at radius 1 is 1.44 bits per heavy atom. The molecule has 1 aromatic heterocycles. The minimum absolute atomic E-state index is 0.585. The third kappa shape index (κ3) is 3.00. The van der Waals surface area contributed by atoms with Gasteiger partial charge in [-0.15, -0.1) is 0 Å². The summed E-state index contributed by atoms with van der Waals surface area (Å²) in [6.07, 6.45) is 3.82. The summed E-state index contributed by atoms with van der Waals surface area (Å²) in [5, 5.41) is 4.86. The number of aryl methyl sites for hydroxylation is 1. The van der Waals surface area contributed by atoms with E-state index in [1.54, 1.807) is 6.07 Å². The van der Waals surface area contributed by atoms with Crippen molar-refractivity contribution in [3.8, 4) is 5.75 Å². The average Bonchev–Trinajstić information content (AvgIpc) is 2.64. The third-order valence-corrected chi connectivity index (χ3v) is 2.38. The first-order valence-corrected chi connectivity index (χ1v) is 5.49. The van der Waals surface area contributed by atoms with E-state index in [1.165, 1.54) is 0 Å². The van der Waals surface area contributed by atoms with E-state index in [-0.39, 0.29) is 0 Å². The molecule has 2 aromatic rings. The van der Waals surface area contributed by atoms with Crippen LogP contribution in [0.3, 0.4) is 0 Å². The van der Waals surface area contributed by atoms with Crippen LogP contribution < -0.4 is 4.74 Å². The predicted molar refractivity (Wildman–Crippen MR) is 63.9 cm³/mol. The largest absolute Gasteiger partial charge is 0.492 e. The fourth-order valence-corrected chi connectivity index (χ4v) is 1.58. The SMILES string of the molecule is Cc1cnn(CCOc2cccc(Cl)c2)c1. The van der Waals surface area contributed by atoms with Gasteiger partial charge in [0.25, 0.3) is 0 Å². The summed E-state index contributed by atoms with van der Waals surface area (Å²) in [5.41, 5.74) is 1.16. The fourth-order valence-electron chi connectivity index (χ4n) is 1.40. The van der Waals surface area contributed by atoms with Gasteiger partial charge in [0.15, 0.2) is 0 Å². The quantitative estimate of drug-likeness (QED) is 0.816. The molecule has 0 radical (unpaired) electrons. The molecule has 1 heterocycles. The van der Waals surface area contributed by atoms with Crippen molar-refractivity contribution in [1.82, 2.24) is 9.78 Å². The first-order chi connectivity index (χ1) is 7.74. The van der Waals surface area contributed by atoms with Crippen molar-refractivity contribution in [1.29, 1.82) is 0 Å². The number of halogens is 1. The fraction of sp³-hybridized carbons (Fsp3) is 0.250. The first-order valence-electron chi connectivity index (χ1n) is 5.11. The second-order valence-corrected chi connectivity index (χ2v) is 4.02. The molecule has 84 valence electrons. The Labute approximate surface area is 99.6 Å². The van der Waals surface area contributed by atoms with Crippen molar-refractivity contribution in [3.63, 3.8) is 0 Å². The lowest BCUT2D eigenvalue weighted by molar-refractivity contribution is 0.291. The van der Waals surface area contributed by atoms with E-state index in [1.807, 2.05) is 42.2 Å². The topological polar surface area (TPSA) is 27.1 Å².